The van der Waals surface area contributed by atoms with Gasteiger partial charge in [-0.05, 0) is 51.7 Å². The van der Waals surface area contributed by atoms with E-state index in [9.17, 15) is 19.1 Å². The number of pyridine rings is 1. The van der Waals surface area contributed by atoms with Crippen molar-refractivity contribution in [1.82, 2.24) is 14.8 Å². The van der Waals surface area contributed by atoms with Crippen molar-refractivity contribution in [2.75, 3.05) is 6.54 Å². The molecule has 0 saturated carbocycles. The van der Waals surface area contributed by atoms with Gasteiger partial charge in [0.25, 0.3) is 5.91 Å². The molecule has 27 heavy (non-hydrogen) atoms. The van der Waals surface area contributed by atoms with Crippen LogP contribution in [0.15, 0.2) is 18.3 Å². The highest BCUT2D eigenvalue weighted by Gasteiger charge is 2.61. The van der Waals surface area contributed by atoms with Crippen LogP contribution in [-0.4, -0.2) is 68.3 Å². The van der Waals surface area contributed by atoms with Crippen LogP contribution in [0.1, 0.15) is 44.1 Å². The lowest BCUT2D eigenvalue weighted by atomic mass is 9.86. The summed E-state index contributed by atoms with van der Waals surface area (Å²) in [6, 6.07) is 1.41. The molecule has 0 radical (unpaired) electrons. The van der Waals surface area contributed by atoms with Gasteiger partial charge in [0, 0.05) is 6.54 Å². The van der Waals surface area contributed by atoms with Crippen molar-refractivity contribution in [2.24, 2.45) is 5.92 Å². The molecule has 3 fully saturated rings. The maximum Gasteiger partial charge on any atom is 0.410 e. The first kappa shape index (κ1) is 18.2. The van der Waals surface area contributed by atoms with Crippen molar-refractivity contribution < 1.29 is 23.8 Å². The second-order valence-electron chi connectivity index (χ2n) is 8.66. The Morgan fingerprint density at radius 1 is 1.26 bits per heavy atom. The fourth-order valence-electron chi connectivity index (χ4n) is 4.71. The zero-order valence-corrected chi connectivity index (χ0v) is 15.6. The summed E-state index contributed by atoms with van der Waals surface area (Å²) in [4.78, 5) is 32.8. The van der Waals surface area contributed by atoms with Gasteiger partial charge in [-0.3, -0.25) is 9.69 Å². The number of carbonyl (C=O) groups excluding carboxylic acids is 2. The van der Waals surface area contributed by atoms with Crippen molar-refractivity contribution in [3.8, 4) is 0 Å². The molecule has 0 spiro atoms. The number of aliphatic hydroxyl groups excluding tert-OH is 1. The van der Waals surface area contributed by atoms with E-state index in [1.807, 2.05) is 0 Å². The highest BCUT2D eigenvalue weighted by Crippen LogP contribution is 2.46. The number of halogens is 1. The van der Waals surface area contributed by atoms with Gasteiger partial charge in [-0.25, -0.2) is 14.2 Å². The number of nitrogens with zero attached hydrogens (tertiary/aromatic N) is 3. The third-order valence-corrected chi connectivity index (χ3v) is 5.63. The van der Waals surface area contributed by atoms with Crippen LogP contribution >= 0.6 is 0 Å². The molecule has 7 nitrogen and oxygen atoms in total. The average molecular weight is 377 g/mol. The minimum absolute atomic E-state index is 0.136. The maximum absolute atomic E-state index is 13.1. The first-order valence-electron chi connectivity index (χ1n) is 9.27. The van der Waals surface area contributed by atoms with E-state index < -0.39 is 29.7 Å². The highest BCUT2D eigenvalue weighted by molar-refractivity contribution is 5.93. The van der Waals surface area contributed by atoms with Gasteiger partial charge in [0.05, 0.1) is 30.4 Å². The molecule has 0 aromatic carbocycles. The van der Waals surface area contributed by atoms with E-state index in [1.54, 1.807) is 30.6 Å². The van der Waals surface area contributed by atoms with Gasteiger partial charge in [0.1, 0.15) is 17.1 Å². The Labute approximate surface area is 157 Å². The fourth-order valence-corrected chi connectivity index (χ4v) is 4.71. The lowest BCUT2D eigenvalue weighted by molar-refractivity contribution is -0.0171. The third kappa shape index (κ3) is 3.05. The number of amides is 2. The summed E-state index contributed by atoms with van der Waals surface area (Å²) in [7, 11) is 0. The van der Waals surface area contributed by atoms with Crippen LogP contribution in [0.25, 0.3) is 0 Å². The number of piperidine rings is 2. The summed E-state index contributed by atoms with van der Waals surface area (Å²) in [6.07, 6.45) is 1.09. The summed E-state index contributed by atoms with van der Waals surface area (Å²) in [5, 5.41) is 10.9. The summed E-state index contributed by atoms with van der Waals surface area (Å²) in [5.74, 6) is -0.653. The molecule has 4 heterocycles. The number of hydrogen-bond acceptors (Lipinski definition) is 5. The first-order valence-corrected chi connectivity index (χ1v) is 9.27. The number of carbonyl (C=O) groups is 2. The topological polar surface area (TPSA) is 83.0 Å². The van der Waals surface area contributed by atoms with Crippen molar-refractivity contribution in [1.29, 1.82) is 0 Å². The molecule has 1 aromatic heterocycles. The first-order chi connectivity index (χ1) is 12.7. The third-order valence-electron chi connectivity index (χ3n) is 5.63. The molecule has 1 N–H and O–H groups in total. The number of hydrogen-bond donors (Lipinski definition) is 1. The Balaban J connectivity index is 1.61. The van der Waals surface area contributed by atoms with Gasteiger partial charge in [0.15, 0.2) is 0 Å². The molecular formula is C19H24FN3O4. The summed E-state index contributed by atoms with van der Waals surface area (Å²) in [5.41, 5.74) is -0.497. The minimum atomic E-state index is -0.834. The lowest BCUT2D eigenvalue weighted by Crippen LogP contribution is -2.59. The normalized spacial score (nSPS) is 32.0. The van der Waals surface area contributed by atoms with E-state index in [0.717, 1.165) is 12.6 Å². The standard InChI is InChI=1S/C19H24FN3O4/c1-19(2,3)27-18(26)23-13-6-10-7-14(23)16(24)15(13)22(9-10)17(25)12-5-4-11(20)8-21-12/h4-5,8,10,13-16,24H,6-7,9H2,1-3H3. The van der Waals surface area contributed by atoms with Gasteiger partial charge in [-0.2, -0.15) is 0 Å². The van der Waals surface area contributed by atoms with Crippen LogP contribution in [0.2, 0.25) is 0 Å². The summed E-state index contributed by atoms with van der Waals surface area (Å²) >= 11 is 0. The minimum Gasteiger partial charge on any atom is -0.444 e. The fraction of sp³-hybridized carbons (Fsp3) is 0.632. The van der Waals surface area contributed by atoms with Gasteiger partial charge in [-0.15, -0.1) is 0 Å². The van der Waals surface area contributed by atoms with E-state index in [1.165, 1.54) is 12.1 Å². The monoisotopic (exact) mass is 377 g/mol. The summed E-state index contributed by atoms with van der Waals surface area (Å²) < 4.78 is 18.7. The number of aliphatic hydroxyl groups is 1. The largest absolute Gasteiger partial charge is 0.444 e. The maximum atomic E-state index is 13.1. The molecule has 3 saturated heterocycles. The number of ether oxygens (including phenoxy) is 1. The molecule has 2 amide bonds. The van der Waals surface area contributed by atoms with Crippen molar-refractivity contribution in [3.05, 3.63) is 29.8 Å². The number of likely N-dealkylation sites (tertiary alicyclic amines) is 1. The SMILES string of the molecule is CC(C)(C)OC(=O)N1C2CC3CC1C(C2O)N(C(=O)c1ccc(F)cn1)C3. The summed E-state index contributed by atoms with van der Waals surface area (Å²) in [6.45, 7) is 5.91. The van der Waals surface area contributed by atoms with Crippen LogP contribution < -0.4 is 0 Å². The van der Waals surface area contributed by atoms with Crippen LogP contribution in [0, 0.1) is 11.7 Å². The van der Waals surface area contributed by atoms with Gasteiger partial charge >= 0.3 is 6.09 Å². The Morgan fingerprint density at radius 3 is 2.59 bits per heavy atom. The van der Waals surface area contributed by atoms with Crippen LogP contribution in [0.3, 0.4) is 0 Å². The van der Waals surface area contributed by atoms with E-state index in [-0.39, 0.29) is 29.6 Å². The molecule has 146 valence electrons. The predicted molar refractivity (Wildman–Crippen MR) is 93.4 cm³/mol. The zero-order valence-electron chi connectivity index (χ0n) is 15.6. The van der Waals surface area contributed by atoms with Crippen molar-refractivity contribution in [2.45, 2.75) is 63.4 Å². The smallest absolute Gasteiger partial charge is 0.410 e. The average Bonchev–Trinajstić information content (AvgIpc) is 2.69. The second-order valence-corrected chi connectivity index (χ2v) is 8.66. The molecule has 4 rings (SSSR count). The van der Waals surface area contributed by atoms with Crippen molar-refractivity contribution >= 4 is 12.0 Å². The Kier molecular flexibility index (Phi) is 4.14. The quantitative estimate of drug-likeness (QED) is 0.807. The number of aromatic nitrogens is 1. The van der Waals surface area contributed by atoms with E-state index in [4.69, 9.17) is 4.74 Å². The number of rotatable bonds is 1. The highest BCUT2D eigenvalue weighted by atomic mass is 19.1. The van der Waals surface area contributed by atoms with Gasteiger partial charge < -0.3 is 14.7 Å². The van der Waals surface area contributed by atoms with E-state index in [2.05, 4.69) is 4.98 Å². The van der Waals surface area contributed by atoms with Gasteiger partial charge in [-0.1, -0.05) is 0 Å². The second kappa shape index (κ2) is 6.15. The van der Waals surface area contributed by atoms with E-state index in [0.29, 0.717) is 13.0 Å². The van der Waals surface area contributed by atoms with Crippen molar-refractivity contribution in [3.63, 3.8) is 0 Å². The Hall–Kier alpha value is -2.22. The number of fused-ring (bicyclic) bond motifs is 2. The molecular weight excluding hydrogens is 353 g/mol. The van der Waals surface area contributed by atoms with Crippen LogP contribution in [-0.2, 0) is 4.74 Å². The van der Waals surface area contributed by atoms with E-state index >= 15 is 0 Å². The molecule has 0 aliphatic carbocycles. The lowest BCUT2D eigenvalue weighted by Gasteiger charge is -2.46. The van der Waals surface area contributed by atoms with Gasteiger partial charge in [0.2, 0.25) is 0 Å². The molecule has 1 aromatic rings. The molecule has 3 aliphatic rings. The zero-order chi connectivity index (χ0) is 19.5. The Morgan fingerprint density at radius 2 is 1.96 bits per heavy atom. The molecule has 3 bridgehead atoms. The molecule has 5 unspecified atom stereocenters. The predicted octanol–water partition coefficient (Wildman–Crippen LogP) is 1.80. The molecule has 3 aliphatic heterocycles. The molecule has 8 heteroatoms. The van der Waals surface area contributed by atoms with Crippen LogP contribution in [0.4, 0.5) is 9.18 Å². The molecule has 5 atom stereocenters. The Bertz CT molecular complexity index is 763. The van der Waals surface area contributed by atoms with Crippen LogP contribution in [0.5, 0.6) is 0 Å².